The molecule has 3 N–H and O–H groups in total. The molecule has 0 spiro atoms. The molecule has 4 nitrogen and oxygen atoms in total. The molecular weight excluding hydrogens is 286 g/mol. The zero-order chi connectivity index (χ0) is 15.0. The van der Waals surface area contributed by atoms with Crippen LogP contribution < -0.4 is 11.1 Å². The van der Waals surface area contributed by atoms with Gasteiger partial charge < -0.3 is 11.1 Å². The lowest BCUT2D eigenvalue weighted by Crippen LogP contribution is -2.34. The summed E-state index contributed by atoms with van der Waals surface area (Å²) in [5, 5.41) is 13.1. The number of hydrogen-bond acceptors (Lipinski definition) is 4. The molecule has 0 aromatic heterocycles. The summed E-state index contributed by atoms with van der Waals surface area (Å²) in [4.78, 5) is 12.4. The van der Waals surface area contributed by atoms with E-state index < -0.39 is 5.92 Å². The first-order chi connectivity index (χ1) is 10.1. The van der Waals surface area contributed by atoms with Gasteiger partial charge in [-0.3, -0.25) is 4.79 Å². The van der Waals surface area contributed by atoms with Gasteiger partial charge in [-0.1, -0.05) is 23.7 Å². The summed E-state index contributed by atoms with van der Waals surface area (Å²) >= 11 is 5.92. The van der Waals surface area contributed by atoms with Crippen molar-refractivity contribution in [3.63, 3.8) is 0 Å². The minimum absolute atomic E-state index is 0.0870. The van der Waals surface area contributed by atoms with Gasteiger partial charge in [-0.05, 0) is 30.5 Å². The second-order valence-corrected chi connectivity index (χ2v) is 5.65. The first-order valence-electron chi connectivity index (χ1n) is 6.80. The van der Waals surface area contributed by atoms with Crippen LogP contribution >= 0.6 is 11.6 Å². The van der Waals surface area contributed by atoms with Gasteiger partial charge in [-0.25, -0.2) is 0 Å². The Morgan fingerprint density at radius 3 is 2.67 bits per heavy atom. The maximum absolute atomic E-state index is 12.4. The van der Waals surface area contributed by atoms with Gasteiger partial charge in [0.1, 0.15) is 5.82 Å². The highest BCUT2D eigenvalue weighted by Crippen LogP contribution is 2.41. The number of halogens is 1. The third-order valence-corrected chi connectivity index (χ3v) is 4.18. The van der Waals surface area contributed by atoms with Crippen LogP contribution in [0, 0.1) is 11.3 Å². The first kappa shape index (κ1) is 13.7. The third-order valence-electron chi connectivity index (χ3n) is 3.93. The molecule has 1 atom stereocenters. The van der Waals surface area contributed by atoms with E-state index in [0.29, 0.717) is 28.4 Å². The molecule has 2 aliphatic rings. The number of nitrogens with two attached hydrogens (primary N) is 1. The molecule has 5 heteroatoms. The molecule has 1 aromatic carbocycles. The predicted molar refractivity (Wildman–Crippen MR) is 80.0 cm³/mol. The number of nitriles is 1. The largest absolute Gasteiger partial charge is 0.384 e. The molecule has 0 fully saturated rings. The fourth-order valence-corrected chi connectivity index (χ4v) is 3.10. The second-order valence-electron chi connectivity index (χ2n) is 5.22. The van der Waals surface area contributed by atoms with Gasteiger partial charge in [-0.15, -0.1) is 0 Å². The van der Waals surface area contributed by atoms with Crippen LogP contribution in [0.1, 0.15) is 30.7 Å². The van der Waals surface area contributed by atoms with Crippen LogP contribution in [0.4, 0.5) is 0 Å². The minimum Gasteiger partial charge on any atom is -0.384 e. The quantitative estimate of drug-likeness (QED) is 0.835. The molecule has 1 unspecified atom stereocenters. The lowest BCUT2D eigenvalue weighted by atomic mass is 9.76. The van der Waals surface area contributed by atoms with Gasteiger partial charge in [0.05, 0.1) is 17.6 Å². The third kappa shape index (κ3) is 2.30. The zero-order valence-corrected chi connectivity index (χ0v) is 12.1. The van der Waals surface area contributed by atoms with Crippen LogP contribution in [0.25, 0.3) is 0 Å². The van der Waals surface area contributed by atoms with Crippen molar-refractivity contribution >= 4 is 17.4 Å². The van der Waals surface area contributed by atoms with E-state index in [1.54, 1.807) is 12.1 Å². The van der Waals surface area contributed by atoms with Gasteiger partial charge in [0.25, 0.3) is 0 Å². The average molecular weight is 300 g/mol. The second kappa shape index (κ2) is 5.27. The van der Waals surface area contributed by atoms with Crippen LogP contribution in [-0.4, -0.2) is 5.78 Å². The molecular formula is C16H14ClN3O. The van der Waals surface area contributed by atoms with Crippen LogP contribution in [0.15, 0.2) is 46.9 Å². The Kier molecular flexibility index (Phi) is 3.44. The molecule has 0 radical (unpaired) electrons. The lowest BCUT2D eigenvalue weighted by Gasteiger charge is -2.32. The fourth-order valence-electron chi connectivity index (χ4n) is 2.97. The number of rotatable bonds is 1. The van der Waals surface area contributed by atoms with Crippen molar-refractivity contribution in [1.82, 2.24) is 5.32 Å². The summed E-state index contributed by atoms with van der Waals surface area (Å²) in [6, 6.07) is 9.35. The SMILES string of the molecule is N#CC1=C(N)NC2=C(C(=O)CCC2)C1c1ccc(Cl)cc1. The number of carbonyl (C=O) groups is 1. The predicted octanol–water partition coefficient (Wildman–Crippen LogP) is 2.73. The van der Waals surface area contributed by atoms with Crippen molar-refractivity contribution in [3.8, 4) is 6.07 Å². The number of benzene rings is 1. The highest BCUT2D eigenvalue weighted by molar-refractivity contribution is 6.30. The van der Waals surface area contributed by atoms with Crippen molar-refractivity contribution in [1.29, 1.82) is 5.26 Å². The Labute approximate surface area is 127 Å². The number of carbonyl (C=O) groups excluding carboxylic acids is 1. The summed E-state index contributed by atoms with van der Waals surface area (Å²) in [6.45, 7) is 0. The van der Waals surface area contributed by atoms with Gasteiger partial charge in [0, 0.05) is 22.7 Å². The monoisotopic (exact) mass is 299 g/mol. The summed E-state index contributed by atoms with van der Waals surface area (Å²) < 4.78 is 0. The molecule has 21 heavy (non-hydrogen) atoms. The van der Waals surface area contributed by atoms with E-state index in [4.69, 9.17) is 17.3 Å². The Bertz CT molecular complexity index is 710. The molecule has 0 saturated carbocycles. The van der Waals surface area contributed by atoms with Crippen molar-refractivity contribution in [3.05, 3.63) is 57.5 Å². The molecule has 1 aliphatic heterocycles. The van der Waals surface area contributed by atoms with E-state index >= 15 is 0 Å². The number of Topliss-reactive ketones (excluding diaryl/α,β-unsaturated/α-hetero) is 1. The van der Waals surface area contributed by atoms with Gasteiger partial charge in [-0.2, -0.15) is 5.26 Å². The number of nitrogens with zero attached hydrogens (tertiary/aromatic N) is 1. The van der Waals surface area contributed by atoms with Crippen molar-refractivity contribution in [2.24, 2.45) is 5.73 Å². The molecule has 0 saturated heterocycles. The van der Waals surface area contributed by atoms with Gasteiger partial charge in [0.15, 0.2) is 5.78 Å². The Morgan fingerprint density at radius 1 is 1.29 bits per heavy atom. The van der Waals surface area contributed by atoms with E-state index in [1.807, 2.05) is 12.1 Å². The normalized spacial score (nSPS) is 21.7. The summed E-state index contributed by atoms with van der Waals surface area (Å²) in [5.74, 6) is 0.0335. The maximum atomic E-state index is 12.4. The summed E-state index contributed by atoms with van der Waals surface area (Å²) in [5.41, 5.74) is 8.76. The highest BCUT2D eigenvalue weighted by Gasteiger charge is 2.36. The molecule has 0 bridgehead atoms. The average Bonchev–Trinajstić information content (AvgIpc) is 2.47. The van der Waals surface area contributed by atoms with Gasteiger partial charge in [0.2, 0.25) is 0 Å². The topological polar surface area (TPSA) is 78.9 Å². The highest BCUT2D eigenvalue weighted by atomic mass is 35.5. The molecule has 0 amide bonds. The number of ketones is 1. The summed E-state index contributed by atoms with van der Waals surface area (Å²) in [6.07, 6.45) is 2.11. The smallest absolute Gasteiger partial charge is 0.161 e. The van der Waals surface area contributed by atoms with E-state index in [2.05, 4.69) is 11.4 Å². The number of hydrogen-bond donors (Lipinski definition) is 2. The molecule has 106 valence electrons. The minimum atomic E-state index is -0.392. The van der Waals surface area contributed by atoms with Crippen molar-refractivity contribution < 1.29 is 4.79 Å². The van der Waals surface area contributed by atoms with Crippen LogP contribution in [-0.2, 0) is 4.79 Å². The molecule has 3 rings (SSSR count). The number of allylic oxidation sites excluding steroid dienone is 3. The zero-order valence-electron chi connectivity index (χ0n) is 11.3. The summed E-state index contributed by atoms with van der Waals surface area (Å²) in [7, 11) is 0. The molecule has 1 heterocycles. The number of dihydropyridines is 1. The number of nitrogens with one attached hydrogen (secondary N) is 1. The van der Waals surface area contributed by atoms with Crippen LogP contribution in [0.3, 0.4) is 0 Å². The van der Waals surface area contributed by atoms with E-state index in [0.717, 1.165) is 24.1 Å². The maximum Gasteiger partial charge on any atom is 0.161 e. The van der Waals surface area contributed by atoms with E-state index in [1.165, 1.54) is 0 Å². The van der Waals surface area contributed by atoms with Gasteiger partial charge >= 0.3 is 0 Å². The fraction of sp³-hybridized carbons (Fsp3) is 0.250. The van der Waals surface area contributed by atoms with Crippen LogP contribution in [0.2, 0.25) is 5.02 Å². The molecule has 1 aliphatic carbocycles. The van der Waals surface area contributed by atoms with Crippen molar-refractivity contribution in [2.45, 2.75) is 25.2 Å². The van der Waals surface area contributed by atoms with Crippen LogP contribution in [0.5, 0.6) is 0 Å². The Hall–Kier alpha value is -2.25. The van der Waals surface area contributed by atoms with Crippen molar-refractivity contribution in [2.75, 3.05) is 0 Å². The molecule has 1 aromatic rings. The first-order valence-corrected chi connectivity index (χ1v) is 7.18. The van der Waals surface area contributed by atoms with E-state index in [-0.39, 0.29) is 5.78 Å². The standard InChI is InChI=1S/C16H14ClN3O/c17-10-6-4-9(5-7-10)14-11(8-18)16(19)20-12-2-1-3-13(21)15(12)14/h4-7,14,20H,1-3,19H2. The lowest BCUT2D eigenvalue weighted by molar-refractivity contribution is -0.116. The van der Waals surface area contributed by atoms with E-state index in [9.17, 15) is 10.1 Å². The Balaban J connectivity index is 2.17. The Morgan fingerprint density at radius 2 is 2.00 bits per heavy atom.